The van der Waals surface area contributed by atoms with Crippen LogP contribution in [-0.4, -0.2) is 5.78 Å². The largest absolute Gasteiger partial charge is 0.288 e. The molecule has 0 N–H and O–H groups in total. The molecule has 0 saturated carbocycles. The number of hydrogen-bond acceptors (Lipinski definition) is 2. The lowest BCUT2D eigenvalue weighted by Gasteiger charge is -1.99. The van der Waals surface area contributed by atoms with Crippen molar-refractivity contribution in [1.29, 1.82) is 0 Å². The lowest BCUT2D eigenvalue weighted by Crippen LogP contribution is -1.99. The summed E-state index contributed by atoms with van der Waals surface area (Å²) in [6, 6.07) is 7.71. The molecule has 0 unspecified atom stereocenters. The minimum Gasteiger partial charge on any atom is -0.288 e. The summed E-state index contributed by atoms with van der Waals surface area (Å²) in [7, 11) is 0. The van der Waals surface area contributed by atoms with E-state index in [2.05, 4.69) is 15.9 Å². The van der Waals surface area contributed by atoms with E-state index in [9.17, 15) is 9.18 Å². The lowest BCUT2D eigenvalue weighted by molar-refractivity contribution is 0.104. The molecule has 1 aromatic heterocycles. The summed E-state index contributed by atoms with van der Waals surface area (Å²) in [5, 5.41) is 1.82. The summed E-state index contributed by atoms with van der Waals surface area (Å²) in [5.41, 5.74) is 0.365. The van der Waals surface area contributed by atoms with Gasteiger partial charge < -0.3 is 0 Å². The number of rotatable bonds is 2. The van der Waals surface area contributed by atoms with Crippen LogP contribution in [0.3, 0.4) is 0 Å². The van der Waals surface area contributed by atoms with E-state index < -0.39 is 5.82 Å². The Labute approximate surface area is 98.7 Å². The quantitative estimate of drug-likeness (QED) is 0.765. The number of hydrogen-bond donors (Lipinski definition) is 0. The van der Waals surface area contributed by atoms with Crippen LogP contribution >= 0.6 is 27.3 Å². The van der Waals surface area contributed by atoms with Gasteiger partial charge in [0, 0.05) is 10.0 Å². The van der Waals surface area contributed by atoms with Crippen molar-refractivity contribution in [2.45, 2.75) is 0 Å². The van der Waals surface area contributed by atoms with Gasteiger partial charge in [0.2, 0.25) is 5.78 Å². The third kappa shape index (κ3) is 2.33. The molecule has 0 spiro atoms. The van der Waals surface area contributed by atoms with Crippen LogP contribution in [0.4, 0.5) is 4.39 Å². The van der Waals surface area contributed by atoms with Gasteiger partial charge >= 0.3 is 0 Å². The molecule has 0 saturated heterocycles. The summed E-state index contributed by atoms with van der Waals surface area (Å²) in [6.07, 6.45) is 0. The monoisotopic (exact) mass is 284 g/mol. The maximum Gasteiger partial charge on any atom is 0.203 e. The van der Waals surface area contributed by atoms with Gasteiger partial charge in [-0.3, -0.25) is 4.79 Å². The summed E-state index contributed by atoms with van der Waals surface area (Å²) in [6.45, 7) is 0. The molecule has 0 radical (unpaired) electrons. The summed E-state index contributed by atoms with van der Waals surface area (Å²) in [4.78, 5) is 12.5. The fraction of sp³-hybridized carbons (Fsp3) is 0. The lowest BCUT2D eigenvalue weighted by atomic mass is 10.1. The van der Waals surface area contributed by atoms with Gasteiger partial charge in [-0.05, 0) is 29.6 Å². The first-order chi connectivity index (χ1) is 7.16. The second-order valence-corrected chi connectivity index (χ2v) is 4.83. The molecule has 1 nitrogen and oxygen atoms in total. The van der Waals surface area contributed by atoms with Crippen molar-refractivity contribution in [2.24, 2.45) is 0 Å². The Morgan fingerprint density at radius 1 is 1.33 bits per heavy atom. The Balaban J connectivity index is 2.42. The fourth-order valence-corrected chi connectivity index (χ4v) is 2.39. The van der Waals surface area contributed by atoms with Crippen molar-refractivity contribution >= 4 is 33.0 Å². The summed E-state index contributed by atoms with van der Waals surface area (Å²) in [5.74, 6) is -0.561. The molecule has 1 aromatic carbocycles. The minimum atomic E-state index is -0.413. The Kier molecular flexibility index (Phi) is 2.98. The van der Waals surface area contributed by atoms with Gasteiger partial charge in [0.25, 0.3) is 0 Å². The van der Waals surface area contributed by atoms with Gasteiger partial charge in [-0.2, -0.15) is 0 Å². The van der Waals surface area contributed by atoms with Crippen molar-refractivity contribution in [1.82, 2.24) is 0 Å². The SMILES string of the molecule is O=C(c1cc(F)cc(Br)c1)c1cccs1. The van der Waals surface area contributed by atoms with Crippen molar-refractivity contribution in [3.8, 4) is 0 Å². The number of halogens is 2. The fourth-order valence-electron chi connectivity index (χ4n) is 1.23. The van der Waals surface area contributed by atoms with Crippen LogP contribution in [0.1, 0.15) is 15.2 Å². The van der Waals surface area contributed by atoms with E-state index >= 15 is 0 Å². The minimum absolute atomic E-state index is 0.148. The molecule has 0 bridgehead atoms. The van der Waals surface area contributed by atoms with Gasteiger partial charge in [-0.25, -0.2) is 4.39 Å². The third-order valence-corrected chi connectivity index (χ3v) is 3.20. The van der Waals surface area contributed by atoms with Gasteiger partial charge in [0.15, 0.2) is 0 Å². The Morgan fingerprint density at radius 3 is 2.73 bits per heavy atom. The molecular weight excluding hydrogens is 279 g/mol. The van der Waals surface area contributed by atoms with Crippen LogP contribution in [0.15, 0.2) is 40.2 Å². The zero-order valence-electron chi connectivity index (χ0n) is 7.54. The van der Waals surface area contributed by atoms with Crippen LogP contribution in [-0.2, 0) is 0 Å². The molecule has 0 aliphatic carbocycles. The molecule has 2 rings (SSSR count). The number of benzene rings is 1. The Hall–Kier alpha value is -1.00. The molecule has 0 aliphatic rings. The van der Waals surface area contributed by atoms with Crippen LogP contribution in [0.5, 0.6) is 0 Å². The number of thiophene rings is 1. The van der Waals surface area contributed by atoms with Gasteiger partial charge in [-0.15, -0.1) is 11.3 Å². The number of ketones is 1. The normalized spacial score (nSPS) is 10.3. The van der Waals surface area contributed by atoms with E-state index in [-0.39, 0.29) is 5.78 Å². The highest BCUT2D eigenvalue weighted by Gasteiger charge is 2.11. The predicted octanol–water partition coefficient (Wildman–Crippen LogP) is 3.88. The van der Waals surface area contributed by atoms with Gasteiger partial charge in [0.1, 0.15) is 5.82 Å². The average molecular weight is 285 g/mol. The van der Waals surface area contributed by atoms with Crippen molar-refractivity contribution in [2.75, 3.05) is 0 Å². The maximum atomic E-state index is 13.1. The van der Waals surface area contributed by atoms with Crippen molar-refractivity contribution in [3.05, 3.63) is 56.4 Å². The van der Waals surface area contributed by atoms with Crippen LogP contribution < -0.4 is 0 Å². The second kappa shape index (κ2) is 4.24. The van der Waals surface area contributed by atoms with Crippen molar-refractivity contribution < 1.29 is 9.18 Å². The van der Waals surface area contributed by atoms with Crippen LogP contribution in [0, 0.1) is 5.82 Å². The highest BCUT2D eigenvalue weighted by Crippen LogP contribution is 2.19. The molecule has 4 heteroatoms. The molecule has 0 atom stereocenters. The highest BCUT2D eigenvalue weighted by molar-refractivity contribution is 9.10. The van der Waals surface area contributed by atoms with E-state index in [0.29, 0.717) is 14.9 Å². The third-order valence-electron chi connectivity index (χ3n) is 1.87. The smallest absolute Gasteiger partial charge is 0.203 e. The molecule has 0 aliphatic heterocycles. The van der Waals surface area contributed by atoms with Crippen LogP contribution in [0.2, 0.25) is 0 Å². The predicted molar refractivity (Wildman–Crippen MR) is 61.9 cm³/mol. The molecule has 2 aromatic rings. The molecule has 1 heterocycles. The zero-order valence-corrected chi connectivity index (χ0v) is 9.94. The van der Waals surface area contributed by atoms with E-state index in [1.54, 1.807) is 18.2 Å². The van der Waals surface area contributed by atoms with E-state index in [1.165, 1.54) is 23.5 Å². The van der Waals surface area contributed by atoms with Crippen molar-refractivity contribution in [3.63, 3.8) is 0 Å². The van der Waals surface area contributed by atoms with E-state index in [4.69, 9.17) is 0 Å². The molecule has 0 fully saturated rings. The highest BCUT2D eigenvalue weighted by atomic mass is 79.9. The van der Waals surface area contributed by atoms with E-state index in [0.717, 1.165) is 0 Å². The second-order valence-electron chi connectivity index (χ2n) is 2.96. The Bertz CT molecular complexity index is 473. The number of carbonyl (C=O) groups excluding carboxylic acids is 1. The molecule has 0 amide bonds. The van der Waals surface area contributed by atoms with Gasteiger partial charge in [0.05, 0.1) is 4.88 Å². The first-order valence-corrected chi connectivity index (χ1v) is 5.88. The zero-order chi connectivity index (χ0) is 10.8. The maximum absolute atomic E-state index is 13.1. The molecular formula is C11H6BrFOS. The number of carbonyl (C=O) groups is 1. The molecule has 76 valence electrons. The average Bonchev–Trinajstić information content (AvgIpc) is 2.67. The standard InChI is InChI=1S/C11H6BrFOS/c12-8-4-7(5-9(13)6-8)11(14)10-2-1-3-15-10/h1-6H. The topological polar surface area (TPSA) is 17.1 Å². The van der Waals surface area contributed by atoms with E-state index in [1.807, 2.05) is 5.38 Å². The summed E-state index contributed by atoms with van der Waals surface area (Å²) < 4.78 is 13.6. The summed E-state index contributed by atoms with van der Waals surface area (Å²) >= 11 is 4.51. The Morgan fingerprint density at radius 2 is 2.13 bits per heavy atom. The molecule has 15 heavy (non-hydrogen) atoms. The first-order valence-electron chi connectivity index (χ1n) is 4.21. The van der Waals surface area contributed by atoms with Gasteiger partial charge in [-0.1, -0.05) is 22.0 Å². The van der Waals surface area contributed by atoms with Crippen LogP contribution in [0.25, 0.3) is 0 Å². The first kappa shape index (κ1) is 10.5.